The summed E-state index contributed by atoms with van der Waals surface area (Å²) in [5.74, 6) is 0.792. The van der Waals surface area contributed by atoms with Gasteiger partial charge in [0.2, 0.25) is 5.91 Å². The molecule has 1 saturated carbocycles. The zero-order valence-corrected chi connectivity index (χ0v) is 12.2. The number of thiophene rings is 1. The lowest BCUT2D eigenvalue weighted by Gasteiger charge is -2.27. The van der Waals surface area contributed by atoms with Gasteiger partial charge in [-0.15, -0.1) is 11.3 Å². The van der Waals surface area contributed by atoms with Gasteiger partial charge >= 0.3 is 0 Å². The molecule has 106 valence electrons. The lowest BCUT2D eigenvalue weighted by atomic mass is 9.85. The third-order valence-electron chi connectivity index (χ3n) is 4.00. The minimum Gasteiger partial charge on any atom is -0.369 e. The van der Waals surface area contributed by atoms with E-state index in [1.807, 2.05) is 0 Å². The Balaban J connectivity index is 1.73. The first-order valence-electron chi connectivity index (χ1n) is 6.90. The third kappa shape index (κ3) is 2.47. The Kier molecular flexibility index (Phi) is 3.56. The van der Waals surface area contributed by atoms with Crippen LogP contribution in [-0.2, 0) is 4.79 Å². The fourth-order valence-corrected chi connectivity index (χ4v) is 3.74. The molecule has 0 atom stereocenters. The van der Waals surface area contributed by atoms with Gasteiger partial charge in [-0.2, -0.15) is 0 Å². The Morgan fingerprint density at radius 2 is 2.10 bits per heavy atom. The number of rotatable bonds is 3. The van der Waals surface area contributed by atoms with E-state index >= 15 is 0 Å². The molecule has 0 unspecified atom stereocenters. The highest BCUT2D eigenvalue weighted by Crippen LogP contribution is 2.31. The molecular formula is C14H18N4OS. The van der Waals surface area contributed by atoms with Crippen molar-refractivity contribution in [2.75, 3.05) is 5.32 Å². The molecule has 5 nitrogen and oxygen atoms in total. The van der Waals surface area contributed by atoms with Crippen LogP contribution in [0.1, 0.15) is 31.2 Å². The molecular weight excluding hydrogens is 272 g/mol. The SMILES string of the molecule is Cc1csc2c(NC3CCC(C(N)=O)CC3)ncnc12. The van der Waals surface area contributed by atoms with E-state index in [1.54, 1.807) is 17.7 Å². The number of fused-ring (bicyclic) bond motifs is 1. The Hall–Kier alpha value is -1.69. The quantitative estimate of drug-likeness (QED) is 0.910. The molecule has 1 aliphatic rings. The number of nitrogens with two attached hydrogens (primary N) is 1. The molecule has 2 aromatic heterocycles. The maximum Gasteiger partial charge on any atom is 0.220 e. The van der Waals surface area contributed by atoms with Crippen LogP contribution in [0.5, 0.6) is 0 Å². The van der Waals surface area contributed by atoms with Crippen LogP contribution < -0.4 is 11.1 Å². The number of aryl methyl sites for hydroxylation is 1. The normalized spacial score (nSPS) is 22.9. The summed E-state index contributed by atoms with van der Waals surface area (Å²) in [5.41, 5.74) is 7.58. The average molecular weight is 290 g/mol. The first-order chi connectivity index (χ1) is 9.65. The van der Waals surface area contributed by atoms with Gasteiger partial charge in [-0.25, -0.2) is 9.97 Å². The molecule has 3 rings (SSSR count). The van der Waals surface area contributed by atoms with Crippen LogP contribution in [0.2, 0.25) is 0 Å². The Bertz CT molecular complexity index is 631. The summed E-state index contributed by atoms with van der Waals surface area (Å²) in [7, 11) is 0. The standard InChI is InChI=1S/C14H18N4OS/c1-8-6-20-12-11(8)16-7-17-14(12)18-10-4-2-9(3-5-10)13(15)19/h6-7,9-10H,2-5H2,1H3,(H2,15,19)(H,16,17,18). The van der Waals surface area contributed by atoms with E-state index < -0.39 is 0 Å². The van der Waals surface area contributed by atoms with Crippen molar-refractivity contribution in [3.63, 3.8) is 0 Å². The zero-order valence-electron chi connectivity index (χ0n) is 11.4. The summed E-state index contributed by atoms with van der Waals surface area (Å²) >= 11 is 1.67. The number of carbonyl (C=O) groups is 1. The van der Waals surface area contributed by atoms with Gasteiger partial charge in [-0.3, -0.25) is 4.79 Å². The van der Waals surface area contributed by atoms with Crippen molar-refractivity contribution in [2.24, 2.45) is 11.7 Å². The second kappa shape index (κ2) is 5.36. The van der Waals surface area contributed by atoms with Crippen LogP contribution in [-0.4, -0.2) is 21.9 Å². The lowest BCUT2D eigenvalue weighted by molar-refractivity contribution is -0.122. The van der Waals surface area contributed by atoms with E-state index in [0.717, 1.165) is 41.7 Å². The molecule has 0 radical (unpaired) electrons. The maximum absolute atomic E-state index is 11.2. The van der Waals surface area contributed by atoms with E-state index in [-0.39, 0.29) is 11.8 Å². The fourth-order valence-electron chi connectivity index (χ4n) is 2.79. The molecule has 2 heterocycles. The van der Waals surface area contributed by atoms with Crippen molar-refractivity contribution in [1.29, 1.82) is 0 Å². The van der Waals surface area contributed by atoms with Gasteiger partial charge in [0.15, 0.2) is 0 Å². The molecule has 2 aromatic rings. The molecule has 1 aliphatic carbocycles. The molecule has 1 amide bonds. The largest absolute Gasteiger partial charge is 0.369 e. The zero-order chi connectivity index (χ0) is 14.1. The van der Waals surface area contributed by atoms with Gasteiger partial charge in [0.25, 0.3) is 0 Å². The van der Waals surface area contributed by atoms with Gasteiger partial charge < -0.3 is 11.1 Å². The molecule has 0 spiro atoms. The third-order valence-corrected chi connectivity index (χ3v) is 5.10. The first-order valence-corrected chi connectivity index (χ1v) is 7.77. The predicted molar refractivity (Wildman–Crippen MR) is 80.7 cm³/mol. The van der Waals surface area contributed by atoms with Crippen molar-refractivity contribution in [3.05, 3.63) is 17.3 Å². The van der Waals surface area contributed by atoms with Crippen molar-refractivity contribution < 1.29 is 4.79 Å². The van der Waals surface area contributed by atoms with E-state index in [0.29, 0.717) is 6.04 Å². The van der Waals surface area contributed by atoms with Crippen molar-refractivity contribution in [2.45, 2.75) is 38.6 Å². The number of amides is 1. The second-order valence-corrected chi connectivity index (χ2v) is 6.29. The van der Waals surface area contributed by atoms with Gasteiger partial charge in [-0.05, 0) is 43.6 Å². The summed E-state index contributed by atoms with van der Waals surface area (Å²) in [5, 5.41) is 5.61. The van der Waals surface area contributed by atoms with Gasteiger partial charge in [0.05, 0.1) is 10.2 Å². The van der Waals surface area contributed by atoms with Gasteiger partial charge in [0.1, 0.15) is 12.1 Å². The van der Waals surface area contributed by atoms with E-state index in [1.165, 1.54) is 5.56 Å². The number of nitrogens with zero attached hydrogens (tertiary/aromatic N) is 2. The van der Waals surface area contributed by atoms with E-state index in [2.05, 4.69) is 27.6 Å². The highest BCUT2D eigenvalue weighted by Gasteiger charge is 2.25. The van der Waals surface area contributed by atoms with E-state index in [4.69, 9.17) is 5.73 Å². The van der Waals surface area contributed by atoms with Crippen LogP contribution in [0.25, 0.3) is 10.2 Å². The maximum atomic E-state index is 11.2. The number of nitrogens with one attached hydrogen (secondary N) is 1. The highest BCUT2D eigenvalue weighted by atomic mass is 32.1. The topological polar surface area (TPSA) is 80.9 Å². The minimum atomic E-state index is -0.165. The van der Waals surface area contributed by atoms with Crippen LogP contribution in [0.3, 0.4) is 0 Å². The first kappa shape index (κ1) is 13.3. The van der Waals surface area contributed by atoms with Crippen molar-refractivity contribution in [3.8, 4) is 0 Å². The Labute approximate surface area is 121 Å². The van der Waals surface area contributed by atoms with Crippen LogP contribution in [0.4, 0.5) is 5.82 Å². The smallest absolute Gasteiger partial charge is 0.220 e. The second-order valence-electron chi connectivity index (χ2n) is 5.41. The number of primary amides is 1. The molecule has 1 fully saturated rings. The summed E-state index contributed by atoms with van der Waals surface area (Å²) < 4.78 is 1.11. The Morgan fingerprint density at radius 3 is 2.80 bits per heavy atom. The van der Waals surface area contributed by atoms with Crippen LogP contribution in [0, 0.1) is 12.8 Å². The Morgan fingerprint density at radius 1 is 1.35 bits per heavy atom. The number of aromatic nitrogens is 2. The summed E-state index contributed by atoms with van der Waals surface area (Å²) in [4.78, 5) is 19.9. The van der Waals surface area contributed by atoms with Gasteiger partial charge in [0, 0.05) is 12.0 Å². The molecule has 6 heteroatoms. The molecule has 0 aliphatic heterocycles. The van der Waals surface area contributed by atoms with Gasteiger partial charge in [-0.1, -0.05) is 0 Å². The fraction of sp³-hybridized carbons (Fsp3) is 0.500. The molecule has 20 heavy (non-hydrogen) atoms. The highest BCUT2D eigenvalue weighted by molar-refractivity contribution is 7.18. The minimum absolute atomic E-state index is 0.0439. The van der Waals surface area contributed by atoms with Crippen LogP contribution in [0.15, 0.2) is 11.7 Å². The number of carbonyl (C=O) groups excluding carboxylic acids is 1. The predicted octanol–water partition coefficient (Wildman–Crippen LogP) is 2.46. The summed E-state index contributed by atoms with van der Waals surface area (Å²) in [6, 6.07) is 0.367. The number of anilines is 1. The van der Waals surface area contributed by atoms with E-state index in [9.17, 15) is 4.79 Å². The molecule has 0 aromatic carbocycles. The average Bonchev–Trinajstić information content (AvgIpc) is 2.82. The monoisotopic (exact) mass is 290 g/mol. The van der Waals surface area contributed by atoms with Crippen LogP contribution >= 0.6 is 11.3 Å². The molecule has 3 N–H and O–H groups in total. The molecule has 0 saturated heterocycles. The van der Waals surface area contributed by atoms with Crippen molar-refractivity contribution in [1.82, 2.24) is 9.97 Å². The summed E-state index contributed by atoms with van der Waals surface area (Å²) in [6.07, 6.45) is 5.27. The number of hydrogen-bond donors (Lipinski definition) is 2. The summed E-state index contributed by atoms with van der Waals surface area (Å²) in [6.45, 7) is 2.06. The van der Waals surface area contributed by atoms with Crippen molar-refractivity contribution >= 4 is 33.3 Å². The molecule has 0 bridgehead atoms. The lowest BCUT2D eigenvalue weighted by Crippen LogP contribution is -2.32. The number of hydrogen-bond acceptors (Lipinski definition) is 5.